The second-order valence-electron chi connectivity index (χ2n) is 6.29. The van der Waals surface area contributed by atoms with E-state index in [1.807, 2.05) is 0 Å². The van der Waals surface area contributed by atoms with Crippen molar-refractivity contribution in [1.29, 1.82) is 0 Å². The van der Waals surface area contributed by atoms with E-state index in [-0.39, 0.29) is 11.8 Å². The van der Waals surface area contributed by atoms with Gasteiger partial charge in [0.1, 0.15) is 29.5 Å². The topological polar surface area (TPSA) is 94.5 Å². The molecule has 1 saturated heterocycles. The Morgan fingerprint density at radius 1 is 1.18 bits per heavy atom. The van der Waals surface area contributed by atoms with Gasteiger partial charge in [-0.25, -0.2) is 19.2 Å². The van der Waals surface area contributed by atoms with Gasteiger partial charge in [-0.2, -0.15) is 4.98 Å². The molecule has 3 aromatic heterocycles. The fourth-order valence-electron chi connectivity index (χ4n) is 3.18. The van der Waals surface area contributed by atoms with E-state index in [0.29, 0.717) is 41.9 Å². The van der Waals surface area contributed by atoms with Gasteiger partial charge in [0.05, 0.1) is 12.3 Å². The number of aromatic nitrogens is 4. The van der Waals surface area contributed by atoms with Crippen molar-refractivity contribution >= 4 is 17.8 Å². The molecule has 0 radical (unpaired) electrons. The lowest BCUT2D eigenvalue weighted by molar-refractivity contribution is -0.138. The SMILES string of the molecule is O=C1OCC[C@H]1Nc1nccc(-c2c(-c3ccc(F)cc3)nc3occn23)n1. The Kier molecular flexibility index (Phi) is 3.78. The number of nitrogens with zero attached hydrogens (tertiary/aromatic N) is 4. The van der Waals surface area contributed by atoms with Crippen LogP contribution in [0.2, 0.25) is 0 Å². The quantitative estimate of drug-likeness (QED) is 0.545. The average molecular weight is 379 g/mol. The van der Waals surface area contributed by atoms with Crippen LogP contribution in [-0.4, -0.2) is 38.0 Å². The number of oxazole rings is 1. The van der Waals surface area contributed by atoms with E-state index in [4.69, 9.17) is 9.15 Å². The second kappa shape index (κ2) is 6.45. The molecule has 1 N–H and O–H groups in total. The Hall–Kier alpha value is -3.75. The number of hydrogen-bond acceptors (Lipinski definition) is 7. The Morgan fingerprint density at radius 2 is 2.04 bits per heavy atom. The maximum atomic E-state index is 13.3. The molecule has 140 valence electrons. The minimum atomic E-state index is -0.466. The highest BCUT2D eigenvalue weighted by Crippen LogP contribution is 2.32. The summed E-state index contributed by atoms with van der Waals surface area (Å²) >= 11 is 0. The van der Waals surface area contributed by atoms with Crippen molar-refractivity contribution in [3.05, 3.63) is 54.8 Å². The number of imidazole rings is 1. The van der Waals surface area contributed by atoms with Crippen LogP contribution in [0, 0.1) is 5.82 Å². The minimum absolute atomic E-state index is 0.310. The standard InChI is InChI=1S/C19H14FN5O3/c20-12-3-1-11(2-4-12)15-16(25-8-10-28-19(25)24-15)13-5-7-21-18(22-13)23-14-6-9-27-17(14)26/h1-5,7-8,10,14H,6,9H2,(H,21,22,23)/t14-/m1/s1. The number of halogens is 1. The van der Waals surface area contributed by atoms with E-state index in [9.17, 15) is 9.18 Å². The highest BCUT2D eigenvalue weighted by Gasteiger charge is 2.27. The smallest absolute Gasteiger partial charge is 0.328 e. The normalized spacial score (nSPS) is 16.5. The molecule has 9 heteroatoms. The number of carbonyl (C=O) groups is 1. The molecule has 5 rings (SSSR count). The molecule has 0 amide bonds. The van der Waals surface area contributed by atoms with Gasteiger partial charge in [-0.3, -0.25) is 4.40 Å². The molecule has 0 bridgehead atoms. The number of cyclic esters (lactones) is 1. The zero-order valence-corrected chi connectivity index (χ0v) is 14.5. The Morgan fingerprint density at radius 3 is 2.82 bits per heavy atom. The molecule has 1 atom stereocenters. The van der Waals surface area contributed by atoms with Gasteiger partial charge in [0, 0.05) is 24.4 Å². The average Bonchev–Trinajstić information content (AvgIpc) is 3.39. The van der Waals surface area contributed by atoms with Crippen molar-refractivity contribution in [2.45, 2.75) is 12.5 Å². The number of benzene rings is 1. The number of rotatable bonds is 4. The lowest BCUT2D eigenvalue weighted by Gasteiger charge is -2.10. The first kappa shape index (κ1) is 16.4. The number of nitrogens with one attached hydrogen (secondary N) is 1. The molecule has 0 unspecified atom stereocenters. The largest absolute Gasteiger partial charge is 0.464 e. The second-order valence-corrected chi connectivity index (χ2v) is 6.29. The first-order valence-corrected chi connectivity index (χ1v) is 8.67. The number of carbonyl (C=O) groups excluding carboxylic acids is 1. The summed E-state index contributed by atoms with van der Waals surface area (Å²) in [5, 5.41) is 3.00. The van der Waals surface area contributed by atoms with Crippen LogP contribution < -0.4 is 5.32 Å². The predicted octanol–water partition coefficient (Wildman–Crippen LogP) is 2.92. The van der Waals surface area contributed by atoms with Crippen LogP contribution in [-0.2, 0) is 9.53 Å². The van der Waals surface area contributed by atoms with Gasteiger partial charge in [0.2, 0.25) is 5.95 Å². The molecule has 4 heterocycles. The molecular formula is C19H14FN5O3. The number of esters is 1. The number of anilines is 1. The van der Waals surface area contributed by atoms with Gasteiger partial charge in [0.15, 0.2) is 0 Å². The zero-order chi connectivity index (χ0) is 19.1. The summed E-state index contributed by atoms with van der Waals surface area (Å²) in [7, 11) is 0. The molecule has 1 aliphatic rings. The van der Waals surface area contributed by atoms with Gasteiger partial charge in [-0.1, -0.05) is 0 Å². The summed E-state index contributed by atoms with van der Waals surface area (Å²) < 4.78 is 25.5. The van der Waals surface area contributed by atoms with Crippen LogP contribution in [0.3, 0.4) is 0 Å². The van der Waals surface area contributed by atoms with Crippen molar-refractivity contribution in [3.63, 3.8) is 0 Å². The Bertz CT molecular complexity index is 1170. The molecule has 1 aromatic carbocycles. The van der Waals surface area contributed by atoms with Crippen LogP contribution in [0.1, 0.15) is 6.42 Å². The number of hydrogen-bond donors (Lipinski definition) is 1. The molecule has 4 aromatic rings. The third kappa shape index (κ3) is 2.77. The van der Waals surface area contributed by atoms with E-state index in [0.717, 1.165) is 5.56 Å². The van der Waals surface area contributed by atoms with Crippen molar-refractivity contribution in [2.24, 2.45) is 0 Å². The highest BCUT2D eigenvalue weighted by atomic mass is 19.1. The first-order chi connectivity index (χ1) is 13.7. The van der Waals surface area contributed by atoms with E-state index in [2.05, 4.69) is 20.3 Å². The maximum Gasteiger partial charge on any atom is 0.328 e. The number of ether oxygens (including phenoxy) is 1. The third-order valence-corrected chi connectivity index (χ3v) is 4.52. The van der Waals surface area contributed by atoms with Gasteiger partial charge in [-0.15, -0.1) is 0 Å². The monoisotopic (exact) mass is 379 g/mol. The summed E-state index contributed by atoms with van der Waals surface area (Å²) in [6.45, 7) is 0.378. The Balaban J connectivity index is 1.60. The summed E-state index contributed by atoms with van der Waals surface area (Å²) in [6.07, 6.45) is 5.41. The highest BCUT2D eigenvalue weighted by molar-refractivity contribution is 5.81. The van der Waals surface area contributed by atoms with Gasteiger partial charge in [-0.05, 0) is 30.3 Å². The summed E-state index contributed by atoms with van der Waals surface area (Å²) in [5.74, 6) is 0.0550. The van der Waals surface area contributed by atoms with Crippen LogP contribution in [0.15, 0.2) is 53.4 Å². The fourth-order valence-corrected chi connectivity index (χ4v) is 3.18. The van der Waals surface area contributed by atoms with Gasteiger partial charge >= 0.3 is 11.8 Å². The van der Waals surface area contributed by atoms with E-state index >= 15 is 0 Å². The third-order valence-electron chi connectivity index (χ3n) is 4.52. The van der Waals surface area contributed by atoms with E-state index in [1.165, 1.54) is 18.4 Å². The van der Waals surface area contributed by atoms with Gasteiger partial charge < -0.3 is 14.5 Å². The van der Waals surface area contributed by atoms with Crippen LogP contribution in [0.25, 0.3) is 28.5 Å². The molecule has 1 fully saturated rings. The maximum absolute atomic E-state index is 13.3. The van der Waals surface area contributed by atoms with E-state index < -0.39 is 6.04 Å². The van der Waals surface area contributed by atoms with Gasteiger partial charge in [0.25, 0.3) is 0 Å². The van der Waals surface area contributed by atoms with Crippen molar-refractivity contribution in [1.82, 2.24) is 19.4 Å². The molecule has 8 nitrogen and oxygen atoms in total. The van der Waals surface area contributed by atoms with E-state index in [1.54, 1.807) is 35.0 Å². The lowest BCUT2D eigenvalue weighted by atomic mass is 10.1. The van der Waals surface area contributed by atoms with Crippen LogP contribution >= 0.6 is 0 Å². The molecule has 1 aliphatic heterocycles. The predicted molar refractivity (Wildman–Crippen MR) is 96.9 cm³/mol. The molecule has 28 heavy (non-hydrogen) atoms. The van der Waals surface area contributed by atoms with Crippen LogP contribution in [0.5, 0.6) is 0 Å². The summed E-state index contributed by atoms with van der Waals surface area (Å²) in [4.78, 5) is 25.0. The van der Waals surface area contributed by atoms with Crippen molar-refractivity contribution in [2.75, 3.05) is 11.9 Å². The summed E-state index contributed by atoms with van der Waals surface area (Å²) in [5.41, 5.74) is 2.58. The Labute approximate surface area is 158 Å². The lowest BCUT2D eigenvalue weighted by Crippen LogP contribution is -2.25. The molecule has 0 saturated carbocycles. The first-order valence-electron chi connectivity index (χ1n) is 8.67. The minimum Gasteiger partial charge on any atom is -0.464 e. The van der Waals surface area contributed by atoms with Crippen LogP contribution in [0.4, 0.5) is 10.3 Å². The van der Waals surface area contributed by atoms with Crippen molar-refractivity contribution in [3.8, 4) is 22.6 Å². The zero-order valence-electron chi connectivity index (χ0n) is 14.5. The molecular weight excluding hydrogens is 365 g/mol. The fraction of sp³-hybridized carbons (Fsp3) is 0.158. The van der Waals surface area contributed by atoms with Crippen molar-refractivity contribution < 1.29 is 18.3 Å². The molecule has 0 aliphatic carbocycles. The summed E-state index contributed by atoms with van der Waals surface area (Å²) in [6, 6.07) is 7.32. The molecule has 0 spiro atoms. The number of fused-ring (bicyclic) bond motifs is 1.